The van der Waals surface area contributed by atoms with Crippen molar-refractivity contribution in [1.82, 2.24) is 0 Å². The molecule has 0 unspecified atom stereocenters. The van der Waals surface area contributed by atoms with Gasteiger partial charge < -0.3 is 19.1 Å². The molecule has 154 valence electrons. The Morgan fingerprint density at radius 2 is 1.93 bits per heavy atom. The largest absolute Gasteiger partial charge is 0.476 e. The third-order valence-corrected chi connectivity index (χ3v) is 4.56. The van der Waals surface area contributed by atoms with Gasteiger partial charge in [0, 0.05) is 25.9 Å². The van der Waals surface area contributed by atoms with E-state index < -0.39 is 11.7 Å². The molecule has 1 heterocycles. The summed E-state index contributed by atoms with van der Waals surface area (Å²) in [6.07, 6.45) is 0.122. The van der Waals surface area contributed by atoms with Gasteiger partial charge in [-0.05, 0) is 44.0 Å². The number of methoxy groups -OCH3 is 1. The Balaban J connectivity index is 1.72. The third-order valence-electron chi connectivity index (χ3n) is 4.56. The van der Waals surface area contributed by atoms with Crippen LogP contribution in [0.3, 0.4) is 0 Å². The molecule has 0 saturated heterocycles. The smallest absolute Gasteiger partial charge is 0.411 e. The van der Waals surface area contributed by atoms with Gasteiger partial charge in [0.1, 0.15) is 12.4 Å². The molecule has 0 bridgehead atoms. The van der Waals surface area contributed by atoms with Crippen LogP contribution in [0.4, 0.5) is 16.2 Å². The van der Waals surface area contributed by atoms with Crippen molar-refractivity contribution in [2.45, 2.75) is 32.5 Å². The second kappa shape index (κ2) is 8.96. The fourth-order valence-corrected chi connectivity index (χ4v) is 3.11. The number of nitrogens with one attached hydrogen (secondary N) is 1. The van der Waals surface area contributed by atoms with Gasteiger partial charge in [-0.25, -0.2) is 4.79 Å². The third kappa shape index (κ3) is 5.06. The van der Waals surface area contributed by atoms with Crippen molar-refractivity contribution in [1.29, 1.82) is 0 Å². The first-order valence-corrected chi connectivity index (χ1v) is 9.52. The molecule has 0 saturated carbocycles. The van der Waals surface area contributed by atoms with Crippen molar-refractivity contribution in [3.05, 3.63) is 54.1 Å². The number of nitrogens with zero attached hydrogens (tertiary/aromatic N) is 1. The average Bonchev–Trinajstić information content (AvgIpc) is 2.70. The Morgan fingerprint density at radius 1 is 1.17 bits per heavy atom. The number of ether oxygens (including phenoxy) is 3. The highest BCUT2D eigenvalue weighted by Crippen LogP contribution is 2.39. The van der Waals surface area contributed by atoms with E-state index in [1.165, 1.54) is 0 Å². The van der Waals surface area contributed by atoms with Crippen molar-refractivity contribution in [3.8, 4) is 5.75 Å². The minimum atomic E-state index is -0.955. The van der Waals surface area contributed by atoms with Gasteiger partial charge in [0.25, 0.3) is 5.91 Å². The molecule has 7 nitrogen and oxygen atoms in total. The normalized spacial score (nSPS) is 14.7. The van der Waals surface area contributed by atoms with Gasteiger partial charge in [0.2, 0.25) is 0 Å². The number of hydrogen-bond donors (Lipinski definition) is 1. The molecule has 0 aromatic heterocycles. The van der Waals surface area contributed by atoms with Crippen LogP contribution in [0.1, 0.15) is 25.8 Å². The zero-order valence-corrected chi connectivity index (χ0v) is 16.9. The number of amides is 2. The predicted molar refractivity (Wildman–Crippen MR) is 110 cm³/mol. The van der Waals surface area contributed by atoms with Crippen molar-refractivity contribution in [3.63, 3.8) is 0 Å². The quantitative estimate of drug-likeness (QED) is 0.714. The lowest BCUT2D eigenvalue weighted by molar-refractivity contribution is -0.132. The van der Waals surface area contributed by atoms with Gasteiger partial charge in [-0.15, -0.1) is 0 Å². The summed E-state index contributed by atoms with van der Waals surface area (Å²) in [5, 5.41) is 2.71. The maximum absolute atomic E-state index is 12.8. The van der Waals surface area contributed by atoms with Gasteiger partial charge in [0.05, 0.1) is 5.69 Å². The molecule has 0 aliphatic carbocycles. The number of carbonyl (C=O) groups excluding carboxylic acids is 2. The zero-order valence-electron chi connectivity index (χ0n) is 16.9. The highest BCUT2D eigenvalue weighted by molar-refractivity contribution is 6.03. The Hall–Kier alpha value is -3.06. The molecule has 0 fully saturated rings. The lowest BCUT2D eigenvalue weighted by Crippen LogP contribution is -2.52. The van der Waals surface area contributed by atoms with Crippen LogP contribution in [0.2, 0.25) is 0 Å². The highest BCUT2D eigenvalue weighted by atomic mass is 16.5. The molecular formula is C22H26N2O5. The second-order valence-electron chi connectivity index (χ2n) is 7.28. The lowest BCUT2D eigenvalue weighted by Gasteiger charge is -2.39. The summed E-state index contributed by atoms with van der Waals surface area (Å²) in [5.41, 5.74) is 1.09. The minimum Gasteiger partial charge on any atom is -0.476 e. The Kier molecular flexibility index (Phi) is 6.39. The lowest BCUT2D eigenvalue weighted by atomic mass is 10.0. The molecule has 0 atom stereocenters. The number of rotatable bonds is 7. The monoisotopic (exact) mass is 398 g/mol. The zero-order chi connectivity index (χ0) is 20.9. The van der Waals surface area contributed by atoms with E-state index in [0.717, 1.165) is 5.56 Å². The molecule has 3 rings (SSSR count). The van der Waals surface area contributed by atoms with E-state index in [1.807, 2.05) is 30.3 Å². The van der Waals surface area contributed by atoms with Gasteiger partial charge in [-0.2, -0.15) is 0 Å². The molecule has 0 radical (unpaired) electrons. The second-order valence-corrected chi connectivity index (χ2v) is 7.28. The van der Waals surface area contributed by atoms with E-state index in [4.69, 9.17) is 14.2 Å². The van der Waals surface area contributed by atoms with E-state index in [2.05, 4.69) is 5.32 Å². The fourth-order valence-electron chi connectivity index (χ4n) is 3.11. The maximum Gasteiger partial charge on any atom is 0.411 e. The van der Waals surface area contributed by atoms with E-state index >= 15 is 0 Å². The number of hydrogen-bond acceptors (Lipinski definition) is 5. The number of fused-ring (bicyclic) bond motifs is 1. The van der Waals surface area contributed by atoms with Gasteiger partial charge in [-0.3, -0.25) is 10.1 Å². The number of benzene rings is 2. The minimum absolute atomic E-state index is 0.134. The summed E-state index contributed by atoms with van der Waals surface area (Å²) < 4.78 is 16.2. The van der Waals surface area contributed by atoms with Crippen LogP contribution in [0.5, 0.6) is 5.75 Å². The molecular weight excluding hydrogens is 372 g/mol. The SMILES string of the molecule is COCCCN1C(=O)C(C)(C)Oc2ccc(NC(=O)OCc3ccccc3)cc21. The van der Waals surface area contributed by atoms with Crippen molar-refractivity contribution in [2.75, 3.05) is 30.5 Å². The van der Waals surface area contributed by atoms with Crippen LogP contribution in [0.25, 0.3) is 0 Å². The van der Waals surface area contributed by atoms with Crippen molar-refractivity contribution in [2.24, 2.45) is 0 Å². The van der Waals surface area contributed by atoms with E-state index in [1.54, 1.807) is 44.1 Å². The van der Waals surface area contributed by atoms with Crippen LogP contribution in [-0.2, 0) is 20.9 Å². The summed E-state index contributed by atoms with van der Waals surface area (Å²) in [7, 11) is 1.63. The Labute approximate surface area is 170 Å². The standard InChI is InChI=1S/C22H26N2O5/c1-22(2)20(25)24(12-7-13-27-3)18-14-17(10-11-19(18)29-22)23-21(26)28-15-16-8-5-4-6-9-16/h4-6,8-11,14H,7,12-13,15H2,1-3H3,(H,23,26). The molecule has 1 N–H and O–H groups in total. The summed E-state index contributed by atoms with van der Waals surface area (Å²) >= 11 is 0. The van der Waals surface area contributed by atoms with Crippen LogP contribution >= 0.6 is 0 Å². The van der Waals surface area contributed by atoms with Crippen LogP contribution in [0.15, 0.2) is 48.5 Å². The molecule has 29 heavy (non-hydrogen) atoms. The van der Waals surface area contributed by atoms with E-state index in [9.17, 15) is 9.59 Å². The van der Waals surface area contributed by atoms with Crippen LogP contribution in [-0.4, -0.2) is 37.9 Å². The molecule has 7 heteroatoms. The fraction of sp³-hybridized carbons (Fsp3) is 0.364. The first kappa shape index (κ1) is 20.7. The predicted octanol–water partition coefficient (Wildman–Crippen LogP) is 3.98. The topological polar surface area (TPSA) is 77.1 Å². The molecule has 1 aliphatic heterocycles. The molecule has 2 aromatic carbocycles. The Morgan fingerprint density at radius 3 is 2.66 bits per heavy atom. The number of carbonyl (C=O) groups is 2. The van der Waals surface area contributed by atoms with Crippen LogP contribution < -0.4 is 15.0 Å². The average molecular weight is 398 g/mol. The van der Waals surface area contributed by atoms with Gasteiger partial charge in [-0.1, -0.05) is 30.3 Å². The van der Waals surface area contributed by atoms with Crippen molar-refractivity contribution < 1.29 is 23.8 Å². The highest BCUT2D eigenvalue weighted by Gasteiger charge is 2.40. The van der Waals surface area contributed by atoms with Crippen LogP contribution in [0, 0.1) is 0 Å². The van der Waals surface area contributed by atoms with E-state index in [-0.39, 0.29) is 12.5 Å². The van der Waals surface area contributed by atoms with Crippen molar-refractivity contribution >= 4 is 23.4 Å². The molecule has 0 spiro atoms. The summed E-state index contributed by atoms with van der Waals surface area (Å²) in [4.78, 5) is 26.7. The van der Waals surface area contributed by atoms with Gasteiger partial charge >= 0.3 is 6.09 Å². The first-order chi connectivity index (χ1) is 13.9. The summed E-state index contributed by atoms with van der Waals surface area (Å²) in [6.45, 7) is 4.71. The summed E-state index contributed by atoms with van der Waals surface area (Å²) in [6, 6.07) is 14.6. The first-order valence-electron chi connectivity index (χ1n) is 9.52. The Bertz CT molecular complexity index is 867. The summed E-state index contributed by atoms with van der Waals surface area (Å²) in [5.74, 6) is 0.458. The molecule has 1 aliphatic rings. The molecule has 2 amide bonds. The van der Waals surface area contributed by atoms with E-state index in [0.29, 0.717) is 36.7 Å². The molecule has 2 aromatic rings. The van der Waals surface area contributed by atoms with Gasteiger partial charge in [0.15, 0.2) is 5.60 Å². The number of anilines is 2. The maximum atomic E-state index is 12.8.